The van der Waals surface area contributed by atoms with Crippen LogP contribution in [0.3, 0.4) is 0 Å². The first-order valence-electron chi connectivity index (χ1n) is 7.66. The largest absolute Gasteiger partial charge is 0.480 e. The van der Waals surface area contributed by atoms with Crippen molar-refractivity contribution in [3.8, 4) is 0 Å². The van der Waals surface area contributed by atoms with Gasteiger partial charge in [-0.2, -0.15) is 0 Å². The van der Waals surface area contributed by atoms with Gasteiger partial charge in [0.1, 0.15) is 5.54 Å². The number of hydrogen-bond acceptors (Lipinski definition) is 4. The number of carboxylic acids is 1. The van der Waals surface area contributed by atoms with Crippen LogP contribution >= 0.6 is 0 Å². The van der Waals surface area contributed by atoms with E-state index in [9.17, 15) is 19.5 Å². The molecule has 0 aromatic rings. The number of imide groups is 1. The highest BCUT2D eigenvalue weighted by Gasteiger charge is 2.49. The minimum absolute atomic E-state index is 0.0154. The molecule has 1 aliphatic carbocycles. The van der Waals surface area contributed by atoms with Gasteiger partial charge in [0.05, 0.1) is 12.5 Å². The second-order valence-corrected chi connectivity index (χ2v) is 6.41. The summed E-state index contributed by atoms with van der Waals surface area (Å²) < 4.78 is 0. The molecule has 1 saturated heterocycles. The third kappa shape index (κ3) is 2.69. The Hall–Kier alpha value is -1.43. The first-order chi connectivity index (χ1) is 9.80. The molecule has 2 amide bonds. The van der Waals surface area contributed by atoms with Gasteiger partial charge < -0.3 is 5.11 Å². The number of nitrogens with zero attached hydrogens (tertiary/aromatic N) is 2. The van der Waals surface area contributed by atoms with E-state index in [2.05, 4.69) is 0 Å². The minimum atomic E-state index is -1.17. The van der Waals surface area contributed by atoms with Crippen molar-refractivity contribution in [3.05, 3.63) is 0 Å². The van der Waals surface area contributed by atoms with Crippen LogP contribution in [-0.2, 0) is 14.4 Å². The molecular formula is C15H24N2O4. The van der Waals surface area contributed by atoms with Crippen molar-refractivity contribution in [2.24, 2.45) is 0 Å². The molecule has 2 fully saturated rings. The van der Waals surface area contributed by atoms with Gasteiger partial charge in [0, 0.05) is 6.04 Å². The highest BCUT2D eigenvalue weighted by atomic mass is 16.4. The Labute approximate surface area is 125 Å². The summed E-state index contributed by atoms with van der Waals surface area (Å²) in [5.41, 5.74) is -1.17. The summed E-state index contributed by atoms with van der Waals surface area (Å²) in [6.45, 7) is 5.39. The molecule has 1 saturated carbocycles. The molecule has 1 unspecified atom stereocenters. The van der Waals surface area contributed by atoms with E-state index < -0.39 is 17.6 Å². The molecule has 0 bridgehead atoms. The molecule has 1 heterocycles. The van der Waals surface area contributed by atoms with Gasteiger partial charge in [-0.15, -0.1) is 0 Å². The number of likely N-dealkylation sites (N-methyl/N-ethyl adjacent to an activating group) is 1. The van der Waals surface area contributed by atoms with Crippen LogP contribution in [0.5, 0.6) is 0 Å². The van der Waals surface area contributed by atoms with Gasteiger partial charge in [0.25, 0.3) is 0 Å². The quantitative estimate of drug-likeness (QED) is 0.772. The lowest BCUT2D eigenvalue weighted by molar-refractivity contribution is -0.153. The van der Waals surface area contributed by atoms with Crippen LogP contribution in [-0.4, -0.2) is 56.9 Å². The molecule has 118 valence electrons. The fourth-order valence-corrected chi connectivity index (χ4v) is 3.55. The van der Waals surface area contributed by atoms with Crippen LogP contribution in [0.25, 0.3) is 0 Å². The van der Waals surface area contributed by atoms with Crippen molar-refractivity contribution in [1.82, 2.24) is 9.80 Å². The van der Waals surface area contributed by atoms with E-state index in [1.807, 2.05) is 6.92 Å². The third-order valence-electron chi connectivity index (χ3n) is 4.81. The minimum Gasteiger partial charge on any atom is -0.480 e. The molecule has 0 radical (unpaired) electrons. The van der Waals surface area contributed by atoms with Crippen LogP contribution in [0.15, 0.2) is 0 Å². The lowest BCUT2D eigenvalue weighted by Crippen LogP contribution is -2.57. The first-order valence-corrected chi connectivity index (χ1v) is 7.66. The van der Waals surface area contributed by atoms with E-state index in [0.29, 0.717) is 6.54 Å². The summed E-state index contributed by atoms with van der Waals surface area (Å²) in [5.74, 6) is -1.36. The maximum Gasteiger partial charge on any atom is 0.323 e. The fourth-order valence-electron chi connectivity index (χ4n) is 3.55. The molecule has 2 aliphatic rings. The number of amides is 2. The van der Waals surface area contributed by atoms with E-state index in [0.717, 1.165) is 25.7 Å². The smallest absolute Gasteiger partial charge is 0.323 e. The lowest BCUT2D eigenvalue weighted by Gasteiger charge is -2.37. The second kappa shape index (κ2) is 5.75. The number of hydrogen-bond donors (Lipinski definition) is 1. The number of likely N-dealkylation sites (tertiary alicyclic amines) is 1. The van der Waals surface area contributed by atoms with Gasteiger partial charge in [0.2, 0.25) is 11.8 Å². The summed E-state index contributed by atoms with van der Waals surface area (Å²) in [5, 5.41) is 9.38. The Balaban J connectivity index is 2.22. The van der Waals surface area contributed by atoms with E-state index in [1.54, 1.807) is 18.7 Å². The van der Waals surface area contributed by atoms with Gasteiger partial charge in [-0.1, -0.05) is 19.8 Å². The number of rotatable bonds is 5. The zero-order valence-electron chi connectivity index (χ0n) is 13.0. The van der Waals surface area contributed by atoms with Crippen molar-refractivity contribution < 1.29 is 19.5 Å². The number of carboxylic acid groups (broad SMARTS) is 1. The summed E-state index contributed by atoms with van der Waals surface area (Å²) in [4.78, 5) is 39.4. The normalized spacial score (nSPS) is 24.4. The lowest BCUT2D eigenvalue weighted by atomic mass is 9.99. The van der Waals surface area contributed by atoms with E-state index in [-0.39, 0.29) is 24.3 Å². The van der Waals surface area contributed by atoms with Crippen LogP contribution in [0, 0.1) is 0 Å². The van der Waals surface area contributed by atoms with Gasteiger partial charge >= 0.3 is 5.97 Å². The van der Waals surface area contributed by atoms with E-state index in [1.165, 1.54) is 4.90 Å². The number of carbonyl (C=O) groups is 3. The van der Waals surface area contributed by atoms with Gasteiger partial charge in [0.15, 0.2) is 0 Å². The maximum atomic E-state index is 12.6. The average Bonchev–Trinajstić information content (AvgIpc) is 2.99. The molecule has 0 aromatic heterocycles. The Morgan fingerprint density at radius 1 is 1.33 bits per heavy atom. The van der Waals surface area contributed by atoms with Crippen molar-refractivity contribution in [1.29, 1.82) is 0 Å². The van der Waals surface area contributed by atoms with Crippen LogP contribution in [0.1, 0.15) is 52.9 Å². The molecule has 1 atom stereocenters. The Kier molecular flexibility index (Phi) is 4.37. The van der Waals surface area contributed by atoms with Crippen LogP contribution < -0.4 is 0 Å². The Bertz CT molecular complexity index is 455. The average molecular weight is 296 g/mol. The molecule has 6 nitrogen and oxygen atoms in total. The monoisotopic (exact) mass is 296 g/mol. The Morgan fingerprint density at radius 3 is 2.38 bits per heavy atom. The van der Waals surface area contributed by atoms with Crippen molar-refractivity contribution in [2.45, 2.75) is 70.5 Å². The SMILES string of the molecule is CCN(C1CC(=O)N(C2CCCC2)C1=O)C(C)(C)C(=O)O. The number of carbonyl (C=O) groups excluding carboxylic acids is 2. The van der Waals surface area contributed by atoms with E-state index in [4.69, 9.17) is 0 Å². The highest BCUT2D eigenvalue weighted by Crippen LogP contribution is 2.32. The molecule has 1 aliphatic heterocycles. The fraction of sp³-hybridized carbons (Fsp3) is 0.800. The molecule has 0 spiro atoms. The van der Waals surface area contributed by atoms with Crippen molar-refractivity contribution in [2.75, 3.05) is 6.54 Å². The second-order valence-electron chi connectivity index (χ2n) is 6.41. The van der Waals surface area contributed by atoms with Crippen LogP contribution in [0.4, 0.5) is 0 Å². The first kappa shape index (κ1) is 15.9. The molecule has 0 aromatic carbocycles. The number of aliphatic carboxylic acids is 1. The van der Waals surface area contributed by atoms with Crippen molar-refractivity contribution in [3.63, 3.8) is 0 Å². The van der Waals surface area contributed by atoms with Gasteiger partial charge in [-0.05, 0) is 33.2 Å². The topological polar surface area (TPSA) is 77.9 Å². The molecule has 21 heavy (non-hydrogen) atoms. The predicted molar refractivity (Wildman–Crippen MR) is 76.6 cm³/mol. The van der Waals surface area contributed by atoms with Crippen molar-refractivity contribution >= 4 is 17.8 Å². The van der Waals surface area contributed by atoms with Gasteiger partial charge in [-0.25, -0.2) is 0 Å². The van der Waals surface area contributed by atoms with Gasteiger partial charge in [-0.3, -0.25) is 24.2 Å². The van der Waals surface area contributed by atoms with E-state index >= 15 is 0 Å². The maximum absolute atomic E-state index is 12.6. The Morgan fingerprint density at radius 2 is 1.90 bits per heavy atom. The van der Waals surface area contributed by atoms with Crippen LogP contribution in [0.2, 0.25) is 0 Å². The summed E-state index contributed by atoms with van der Waals surface area (Å²) in [6, 6.07) is -0.629. The summed E-state index contributed by atoms with van der Waals surface area (Å²) >= 11 is 0. The predicted octanol–water partition coefficient (Wildman–Crippen LogP) is 1.24. The summed E-state index contributed by atoms with van der Waals surface area (Å²) in [7, 11) is 0. The zero-order valence-corrected chi connectivity index (χ0v) is 13.0. The standard InChI is InChI=1S/C15H24N2O4/c1-4-16(15(2,3)14(20)21)11-9-12(18)17(13(11)19)10-7-5-6-8-10/h10-11H,4-9H2,1-3H3,(H,20,21). The highest BCUT2D eigenvalue weighted by molar-refractivity contribution is 6.06. The third-order valence-corrected chi connectivity index (χ3v) is 4.81. The summed E-state index contributed by atoms with van der Waals surface area (Å²) in [6.07, 6.45) is 3.94. The zero-order chi connectivity index (χ0) is 15.8. The molecule has 2 rings (SSSR count). The molecular weight excluding hydrogens is 272 g/mol. The molecule has 1 N–H and O–H groups in total. The molecule has 6 heteroatoms.